The van der Waals surface area contributed by atoms with Gasteiger partial charge in [0.25, 0.3) is 0 Å². The zero-order valence-corrected chi connectivity index (χ0v) is 13.5. The maximum Gasteiger partial charge on any atom is 0.228 e. The van der Waals surface area contributed by atoms with E-state index in [2.05, 4.69) is 5.16 Å². The lowest BCUT2D eigenvalue weighted by Gasteiger charge is -2.33. The molecule has 6 nitrogen and oxygen atoms in total. The van der Waals surface area contributed by atoms with Gasteiger partial charge in [0.2, 0.25) is 11.8 Å². The van der Waals surface area contributed by atoms with Crippen LogP contribution in [0, 0.1) is 5.92 Å². The molecule has 0 aliphatic carbocycles. The highest BCUT2D eigenvalue weighted by Crippen LogP contribution is 2.21. The van der Waals surface area contributed by atoms with E-state index in [1.807, 2.05) is 24.3 Å². The number of benzene rings is 1. The average Bonchev–Trinajstić information content (AvgIpc) is 2.97. The lowest BCUT2D eigenvalue weighted by molar-refractivity contribution is -0.138. The minimum atomic E-state index is -0.100. The second kappa shape index (κ2) is 6.40. The first-order valence-electron chi connectivity index (χ1n) is 7.88. The fourth-order valence-electron chi connectivity index (χ4n) is 3.09. The molecule has 122 valence electrons. The Morgan fingerprint density at radius 2 is 2.13 bits per heavy atom. The summed E-state index contributed by atoms with van der Waals surface area (Å²) in [6, 6.07) is 7.52. The van der Waals surface area contributed by atoms with E-state index in [1.54, 1.807) is 23.9 Å². The molecule has 3 rings (SSSR count). The van der Waals surface area contributed by atoms with Gasteiger partial charge in [-0.3, -0.25) is 9.59 Å². The summed E-state index contributed by atoms with van der Waals surface area (Å²) in [4.78, 5) is 28.1. The summed E-state index contributed by atoms with van der Waals surface area (Å²) >= 11 is 0. The molecule has 0 spiro atoms. The molecule has 1 aliphatic rings. The van der Waals surface area contributed by atoms with E-state index >= 15 is 0 Å². The Morgan fingerprint density at radius 3 is 2.91 bits per heavy atom. The molecule has 23 heavy (non-hydrogen) atoms. The number of hydrogen-bond donors (Lipinski definition) is 0. The van der Waals surface area contributed by atoms with Crippen LogP contribution in [-0.2, 0) is 16.0 Å². The van der Waals surface area contributed by atoms with Gasteiger partial charge >= 0.3 is 0 Å². The summed E-state index contributed by atoms with van der Waals surface area (Å²) in [5.41, 5.74) is 1.35. The molecule has 0 saturated carbocycles. The molecule has 2 aromatic rings. The van der Waals surface area contributed by atoms with E-state index in [9.17, 15) is 9.59 Å². The van der Waals surface area contributed by atoms with Crippen molar-refractivity contribution in [2.24, 2.45) is 5.92 Å². The Balaban J connectivity index is 1.69. The second-order valence-electron chi connectivity index (χ2n) is 6.21. The van der Waals surface area contributed by atoms with E-state index in [-0.39, 0.29) is 24.2 Å². The molecule has 1 aliphatic heterocycles. The molecule has 2 amide bonds. The molecule has 0 bridgehead atoms. The molecular weight excluding hydrogens is 294 g/mol. The van der Waals surface area contributed by atoms with Crippen LogP contribution in [0.1, 0.15) is 18.5 Å². The van der Waals surface area contributed by atoms with Crippen LogP contribution in [-0.4, -0.2) is 54.0 Å². The van der Waals surface area contributed by atoms with Crippen LogP contribution >= 0.6 is 0 Å². The first-order chi connectivity index (χ1) is 11.1. The quantitative estimate of drug-likeness (QED) is 0.864. The van der Waals surface area contributed by atoms with Gasteiger partial charge in [0.15, 0.2) is 5.58 Å². The number of fused-ring (bicyclic) bond motifs is 1. The molecule has 2 heterocycles. The zero-order chi connectivity index (χ0) is 16.4. The number of rotatable bonds is 3. The number of carbonyl (C=O) groups is 2. The Morgan fingerprint density at radius 1 is 1.35 bits per heavy atom. The molecular formula is C17H21N3O3. The normalized spacial score (nSPS) is 18.2. The summed E-state index contributed by atoms with van der Waals surface area (Å²) in [5.74, 6) is -0.00792. The monoisotopic (exact) mass is 315 g/mol. The van der Waals surface area contributed by atoms with Crippen molar-refractivity contribution in [2.45, 2.75) is 19.3 Å². The summed E-state index contributed by atoms with van der Waals surface area (Å²) < 4.78 is 5.25. The standard InChI is InChI=1S/C17H21N3O3/c1-19(2)17(22)12-6-5-9-20(11-12)16(21)10-14-13-7-3-4-8-15(13)23-18-14/h3-4,7-8,12H,5-6,9-11H2,1-2H3/t12-/m1/s1. The molecule has 0 radical (unpaired) electrons. The van der Waals surface area contributed by atoms with Crippen LogP contribution < -0.4 is 0 Å². The van der Waals surface area contributed by atoms with Gasteiger partial charge in [0.1, 0.15) is 5.69 Å². The minimum Gasteiger partial charge on any atom is -0.356 e. The van der Waals surface area contributed by atoms with Gasteiger partial charge in [-0.2, -0.15) is 0 Å². The third-order valence-corrected chi connectivity index (χ3v) is 4.33. The third-order valence-electron chi connectivity index (χ3n) is 4.33. The number of nitrogens with zero attached hydrogens (tertiary/aromatic N) is 3. The van der Waals surface area contributed by atoms with Crippen LogP contribution in [0.4, 0.5) is 0 Å². The number of hydrogen-bond acceptors (Lipinski definition) is 4. The highest BCUT2D eigenvalue weighted by molar-refractivity contribution is 5.87. The maximum absolute atomic E-state index is 12.6. The summed E-state index contributed by atoms with van der Waals surface area (Å²) in [6.07, 6.45) is 1.91. The molecule has 6 heteroatoms. The van der Waals surface area contributed by atoms with Crippen molar-refractivity contribution in [2.75, 3.05) is 27.2 Å². The number of amides is 2. The van der Waals surface area contributed by atoms with E-state index in [0.717, 1.165) is 18.2 Å². The topological polar surface area (TPSA) is 66.7 Å². The van der Waals surface area contributed by atoms with Crippen molar-refractivity contribution >= 4 is 22.8 Å². The van der Waals surface area contributed by atoms with Gasteiger partial charge in [0.05, 0.1) is 12.3 Å². The lowest BCUT2D eigenvalue weighted by atomic mass is 9.96. The van der Waals surface area contributed by atoms with Gasteiger partial charge in [-0.05, 0) is 25.0 Å². The lowest BCUT2D eigenvalue weighted by Crippen LogP contribution is -2.45. The molecule has 1 aromatic heterocycles. The molecule has 1 aromatic carbocycles. The SMILES string of the molecule is CN(C)C(=O)[C@@H]1CCCN(C(=O)Cc2noc3ccccc23)C1. The van der Waals surface area contributed by atoms with Crippen molar-refractivity contribution in [1.29, 1.82) is 0 Å². The van der Waals surface area contributed by atoms with E-state index in [0.29, 0.717) is 24.4 Å². The molecule has 1 atom stereocenters. The van der Waals surface area contributed by atoms with Gasteiger partial charge in [-0.25, -0.2) is 0 Å². The van der Waals surface area contributed by atoms with E-state index < -0.39 is 0 Å². The first-order valence-corrected chi connectivity index (χ1v) is 7.88. The Hall–Kier alpha value is -2.37. The van der Waals surface area contributed by atoms with Crippen molar-refractivity contribution in [3.8, 4) is 0 Å². The highest BCUT2D eigenvalue weighted by Gasteiger charge is 2.29. The zero-order valence-electron chi connectivity index (χ0n) is 13.5. The number of para-hydroxylation sites is 1. The molecule has 1 fully saturated rings. The van der Waals surface area contributed by atoms with E-state index in [1.165, 1.54) is 0 Å². The fraction of sp³-hybridized carbons (Fsp3) is 0.471. The van der Waals surface area contributed by atoms with Crippen LogP contribution in [0.25, 0.3) is 11.0 Å². The van der Waals surface area contributed by atoms with Crippen molar-refractivity contribution < 1.29 is 14.1 Å². The number of carbonyl (C=O) groups excluding carboxylic acids is 2. The predicted molar refractivity (Wildman–Crippen MR) is 85.7 cm³/mol. The average molecular weight is 315 g/mol. The van der Waals surface area contributed by atoms with E-state index in [4.69, 9.17) is 4.52 Å². The first kappa shape index (κ1) is 15.5. The maximum atomic E-state index is 12.6. The third kappa shape index (κ3) is 3.21. The second-order valence-corrected chi connectivity index (χ2v) is 6.21. The smallest absolute Gasteiger partial charge is 0.228 e. The molecule has 0 N–H and O–H groups in total. The Bertz CT molecular complexity index is 723. The Kier molecular flexibility index (Phi) is 4.32. The summed E-state index contributed by atoms with van der Waals surface area (Å²) in [6.45, 7) is 1.19. The van der Waals surface area contributed by atoms with Crippen LogP contribution in [0.5, 0.6) is 0 Å². The van der Waals surface area contributed by atoms with Crippen LogP contribution in [0.3, 0.4) is 0 Å². The largest absolute Gasteiger partial charge is 0.356 e. The van der Waals surface area contributed by atoms with Crippen molar-refractivity contribution in [1.82, 2.24) is 15.0 Å². The predicted octanol–water partition coefficient (Wildman–Crippen LogP) is 1.70. The Labute approximate surface area is 135 Å². The van der Waals surface area contributed by atoms with Gasteiger partial charge < -0.3 is 14.3 Å². The van der Waals surface area contributed by atoms with Gasteiger partial charge in [-0.1, -0.05) is 17.3 Å². The van der Waals surface area contributed by atoms with Crippen LogP contribution in [0.2, 0.25) is 0 Å². The van der Waals surface area contributed by atoms with Gasteiger partial charge in [0, 0.05) is 32.6 Å². The van der Waals surface area contributed by atoms with Crippen molar-refractivity contribution in [3.05, 3.63) is 30.0 Å². The van der Waals surface area contributed by atoms with Gasteiger partial charge in [-0.15, -0.1) is 0 Å². The number of piperidine rings is 1. The fourth-order valence-corrected chi connectivity index (χ4v) is 3.09. The van der Waals surface area contributed by atoms with Crippen molar-refractivity contribution in [3.63, 3.8) is 0 Å². The highest BCUT2D eigenvalue weighted by atomic mass is 16.5. The molecule has 0 unspecified atom stereocenters. The number of likely N-dealkylation sites (tertiary alicyclic amines) is 1. The number of aromatic nitrogens is 1. The minimum absolute atomic E-state index is 0.000286. The summed E-state index contributed by atoms with van der Waals surface area (Å²) in [7, 11) is 3.51. The van der Waals surface area contributed by atoms with Crippen LogP contribution in [0.15, 0.2) is 28.8 Å². The molecule has 1 saturated heterocycles. The summed E-state index contributed by atoms with van der Waals surface area (Å²) in [5, 5.41) is 4.89.